The van der Waals surface area contributed by atoms with E-state index in [1.807, 2.05) is 37.3 Å². The summed E-state index contributed by atoms with van der Waals surface area (Å²) < 4.78 is 10.6. The van der Waals surface area contributed by atoms with Gasteiger partial charge in [-0.25, -0.2) is 0 Å². The van der Waals surface area contributed by atoms with Crippen molar-refractivity contribution < 1.29 is 19.1 Å². The molecule has 1 N–H and O–H groups in total. The monoisotopic (exact) mass is 373 g/mol. The molecule has 0 saturated carbocycles. The molecule has 0 aromatic heterocycles. The van der Waals surface area contributed by atoms with Gasteiger partial charge >= 0.3 is 0 Å². The van der Waals surface area contributed by atoms with Gasteiger partial charge in [0.2, 0.25) is 0 Å². The molecule has 0 unspecified atom stereocenters. The van der Waals surface area contributed by atoms with E-state index in [9.17, 15) is 9.59 Å². The number of aryl methyl sites for hydroxylation is 1. The summed E-state index contributed by atoms with van der Waals surface area (Å²) >= 11 is 0. The molecule has 3 aromatic rings. The molecule has 0 radical (unpaired) electrons. The molecular weight excluding hydrogens is 354 g/mol. The molecule has 28 heavy (non-hydrogen) atoms. The zero-order valence-electron chi connectivity index (χ0n) is 15.8. The Morgan fingerprint density at radius 3 is 2.18 bits per heavy atom. The molecule has 4 rings (SSSR count). The first-order valence-corrected chi connectivity index (χ1v) is 8.85. The lowest BCUT2D eigenvalue weighted by molar-refractivity contribution is 0.102. The summed E-state index contributed by atoms with van der Waals surface area (Å²) in [5.74, 6) is 0.784. The second kappa shape index (κ2) is 6.85. The number of nitrogens with one attached hydrogen (secondary N) is 1. The van der Waals surface area contributed by atoms with Crippen LogP contribution in [0.5, 0.6) is 11.5 Å². The Bertz CT molecular complexity index is 1120. The Kier molecular flexibility index (Phi) is 4.35. The number of ketones is 1. The first kappa shape index (κ1) is 17.8. The van der Waals surface area contributed by atoms with E-state index in [4.69, 9.17) is 9.47 Å². The maximum absolute atomic E-state index is 12.8. The molecule has 1 aliphatic carbocycles. The Labute approximate surface area is 162 Å². The first-order valence-electron chi connectivity index (χ1n) is 8.85. The molecule has 0 bridgehead atoms. The highest BCUT2D eigenvalue weighted by Gasteiger charge is 2.27. The van der Waals surface area contributed by atoms with Crippen LogP contribution in [0.2, 0.25) is 0 Å². The molecule has 5 heteroatoms. The molecule has 3 aromatic carbocycles. The van der Waals surface area contributed by atoms with Crippen LogP contribution in [0.1, 0.15) is 31.8 Å². The third kappa shape index (κ3) is 2.81. The predicted octanol–water partition coefficient (Wildman–Crippen LogP) is 4.48. The van der Waals surface area contributed by atoms with Crippen molar-refractivity contribution in [3.8, 4) is 22.6 Å². The molecule has 0 atom stereocenters. The maximum atomic E-state index is 12.8. The molecule has 0 fully saturated rings. The van der Waals surface area contributed by atoms with Gasteiger partial charge in [-0.05, 0) is 41.8 Å². The Balaban J connectivity index is 1.65. The van der Waals surface area contributed by atoms with Crippen LogP contribution >= 0.6 is 0 Å². The standard InChI is InChI=1S/C23H19NO4/c1-13-10-20(27-2)21(28-3)12-19(13)24-23(26)14-8-9-16-15-6-4-5-7-17(15)22(25)18(16)11-14/h4-12H,1-3H3,(H,24,26). The Morgan fingerprint density at radius 2 is 1.46 bits per heavy atom. The minimum Gasteiger partial charge on any atom is -0.493 e. The van der Waals surface area contributed by atoms with Crippen molar-refractivity contribution in [2.24, 2.45) is 0 Å². The lowest BCUT2D eigenvalue weighted by atomic mass is 10.0. The number of rotatable bonds is 4. The number of anilines is 1. The summed E-state index contributed by atoms with van der Waals surface area (Å²) in [5, 5.41) is 2.89. The molecule has 1 amide bonds. The minimum atomic E-state index is -0.290. The lowest BCUT2D eigenvalue weighted by Gasteiger charge is -2.14. The molecule has 0 heterocycles. The van der Waals surface area contributed by atoms with Gasteiger partial charge in [0, 0.05) is 28.4 Å². The van der Waals surface area contributed by atoms with E-state index in [0.717, 1.165) is 16.7 Å². The quantitative estimate of drug-likeness (QED) is 0.573. The van der Waals surface area contributed by atoms with Gasteiger partial charge in [0.25, 0.3) is 5.91 Å². The van der Waals surface area contributed by atoms with Crippen LogP contribution in [0, 0.1) is 6.92 Å². The maximum Gasteiger partial charge on any atom is 0.255 e. The molecule has 0 spiro atoms. The van der Waals surface area contributed by atoms with Crippen molar-refractivity contribution in [3.05, 3.63) is 76.9 Å². The van der Waals surface area contributed by atoms with E-state index in [0.29, 0.717) is 33.9 Å². The van der Waals surface area contributed by atoms with Crippen molar-refractivity contribution in [1.82, 2.24) is 0 Å². The van der Waals surface area contributed by atoms with E-state index >= 15 is 0 Å². The average molecular weight is 373 g/mol. The highest BCUT2D eigenvalue weighted by molar-refractivity contribution is 6.22. The second-order valence-electron chi connectivity index (χ2n) is 6.61. The van der Waals surface area contributed by atoms with Gasteiger partial charge < -0.3 is 14.8 Å². The fourth-order valence-electron chi connectivity index (χ4n) is 3.48. The van der Waals surface area contributed by atoms with E-state index < -0.39 is 0 Å². The lowest BCUT2D eigenvalue weighted by Crippen LogP contribution is -2.13. The van der Waals surface area contributed by atoms with Gasteiger partial charge in [0.1, 0.15) is 0 Å². The van der Waals surface area contributed by atoms with Crippen LogP contribution in [0.4, 0.5) is 5.69 Å². The van der Waals surface area contributed by atoms with Gasteiger partial charge in [-0.2, -0.15) is 0 Å². The normalized spacial score (nSPS) is 11.6. The van der Waals surface area contributed by atoms with Gasteiger partial charge in [-0.3, -0.25) is 9.59 Å². The van der Waals surface area contributed by atoms with Crippen molar-refractivity contribution in [2.45, 2.75) is 6.92 Å². The minimum absolute atomic E-state index is 0.0532. The number of benzene rings is 3. The summed E-state index contributed by atoms with van der Waals surface area (Å²) in [6.07, 6.45) is 0. The summed E-state index contributed by atoms with van der Waals surface area (Å²) in [4.78, 5) is 25.5. The zero-order chi connectivity index (χ0) is 19.8. The molecule has 0 saturated heterocycles. The number of hydrogen-bond acceptors (Lipinski definition) is 4. The fraction of sp³-hybridized carbons (Fsp3) is 0.130. The third-order valence-electron chi connectivity index (χ3n) is 4.97. The SMILES string of the molecule is COc1cc(C)c(NC(=O)c2ccc3c(c2)C(=O)c2ccccc2-3)cc1OC. The van der Waals surface area contributed by atoms with Gasteiger partial charge in [0.15, 0.2) is 17.3 Å². The van der Waals surface area contributed by atoms with Gasteiger partial charge in [-0.15, -0.1) is 0 Å². The number of fused-ring (bicyclic) bond motifs is 3. The number of amides is 1. The molecule has 5 nitrogen and oxygen atoms in total. The van der Waals surface area contributed by atoms with Crippen LogP contribution in [0.25, 0.3) is 11.1 Å². The number of methoxy groups -OCH3 is 2. The van der Waals surface area contributed by atoms with Crippen LogP contribution < -0.4 is 14.8 Å². The van der Waals surface area contributed by atoms with Crippen molar-refractivity contribution in [3.63, 3.8) is 0 Å². The topological polar surface area (TPSA) is 64.6 Å². The molecular formula is C23H19NO4. The average Bonchev–Trinajstić information content (AvgIpc) is 3.01. The Hall–Kier alpha value is -3.60. The van der Waals surface area contributed by atoms with Gasteiger partial charge in [-0.1, -0.05) is 30.3 Å². The molecule has 140 valence electrons. The number of carbonyl (C=O) groups is 2. The van der Waals surface area contributed by atoms with Crippen LogP contribution in [-0.4, -0.2) is 25.9 Å². The third-order valence-corrected chi connectivity index (χ3v) is 4.97. The highest BCUT2D eigenvalue weighted by atomic mass is 16.5. The highest BCUT2D eigenvalue weighted by Crippen LogP contribution is 2.37. The van der Waals surface area contributed by atoms with E-state index in [2.05, 4.69) is 5.32 Å². The summed E-state index contributed by atoms with van der Waals surface area (Å²) in [7, 11) is 3.11. The van der Waals surface area contributed by atoms with Crippen LogP contribution in [0.3, 0.4) is 0 Å². The molecule has 0 aliphatic heterocycles. The van der Waals surface area contributed by atoms with Crippen LogP contribution in [0.15, 0.2) is 54.6 Å². The molecule has 1 aliphatic rings. The van der Waals surface area contributed by atoms with Gasteiger partial charge in [0.05, 0.1) is 14.2 Å². The largest absolute Gasteiger partial charge is 0.493 e. The second-order valence-corrected chi connectivity index (χ2v) is 6.61. The van der Waals surface area contributed by atoms with E-state index in [-0.39, 0.29) is 11.7 Å². The Morgan fingerprint density at radius 1 is 0.821 bits per heavy atom. The zero-order valence-corrected chi connectivity index (χ0v) is 15.8. The van der Waals surface area contributed by atoms with Crippen molar-refractivity contribution in [2.75, 3.05) is 19.5 Å². The smallest absolute Gasteiger partial charge is 0.255 e. The fourth-order valence-corrected chi connectivity index (χ4v) is 3.48. The first-order chi connectivity index (χ1) is 13.5. The van der Waals surface area contributed by atoms with E-state index in [1.165, 1.54) is 0 Å². The number of ether oxygens (including phenoxy) is 2. The summed E-state index contributed by atoms with van der Waals surface area (Å²) in [5.41, 5.74) is 4.89. The summed E-state index contributed by atoms with van der Waals surface area (Å²) in [6, 6.07) is 16.2. The number of hydrogen-bond donors (Lipinski definition) is 1. The van der Waals surface area contributed by atoms with Crippen molar-refractivity contribution in [1.29, 1.82) is 0 Å². The predicted molar refractivity (Wildman–Crippen MR) is 108 cm³/mol. The van der Waals surface area contributed by atoms with Crippen molar-refractivity contribution >= 4 is 17.4 Å². The summed E-state index contributed by atoms with van der Waals surface area (Å²) in [6.45, 7) is 1.88. The van der Waals surface area contributed by atoms with E-state index in [1.54, 1.807) is 38.5 Å². The van der Waals surface area contributed by atoms with Crippen LogP contribution in [-0.2, 0) is 0 Å². The number of carbonyl (C=O) groups excluding carboxylic acids is 2.